The third-order valence-electron chi connectivity index (χ3n) is 4.25. The third kappa shape index (κ3) is 3.41. The first-order chi connectivity index (χ1) is 9.93. The number of methoxy groups -OCH3 is 1. The molecule has 1 N–H and O–H groups in total. The van der Waals surface area contributed by atoms with E-state index in [0.29, 0.717) is 12.1 Å². The predicted octanol–water partition coefficient (Wildman–Crippen LogP) is 4.15. The van der Waals surface area contributed by atoms with Gasteiger partial charge in [-0.05, 0) is 64.3 Å². The molecule has 0 atom stereocenters. The number of rotatable bonds is 6. The number of H-pyrrole nitrogens is 1. The summed E-state index contributed by atoms with van der Waals surface area (Å²) in [4.78, 5) is 5.92. The lowest BCUT2D eigenvalue weighted by Gasteiger charge is -2.30. The first-order valence-electron chi connectivity index (χ1n) is 7.84. The zero-order chi connectivity index (χ0) is 15.6. The minimum atomic E-state index is 0.576. The molecule has 1 aromatic carbocycles. The molecule has 3 heteroatoms. The number of hydrogen-bond donors (Lipinski definition) is 1. The minimum Gasteiger partial charge on any atom is -0.496 e. The Morgan fingerprint density at radius 2 is 1.81 bits per heavy atom. The topological polar surface area (TPSA) is 28.3 Å². The number of nitrogens with zero attached hydrogens (tertiary/aromatic N) is 1. The first kappa shape index (κ1) is 15.9. The Labute approximate surface area is 128 Å². The van der Waals surface area contributed by atoms with Gasteiger partial charge in [0.1, 0.15) is 5.75 Å². The fraction of sp³-hybridized carbons (Fsp3) is 0.556. The number of benzene rings is 1. The molecule has 0 saturated carbocycles. The molecule has 1 aromatic heterocycles. The number of fused-ring (bicyclic) bond motifs is 1. The molecule has 0 amide bonds. The van der Waals surface area contributed by atoms with Crippen molar-refractivity contribution in [1.29, 1.82) is 0 Å². The molecule has 0 spiro atoms. The van der Waals surface area contributed by atoms with Crippen LogP contribution in [0.1, 0.15) is 38.8 Å². The Morgan fingerprint density at radius 3 is 2.38 bits per heavy atom. The highest BCUT2D eigenvalue weighted by atomic mass is 16.5. The van der Waals surface area contributed by atoms with E-state index < -0.39 is 0 Å². The average molecular weight is 288 g/mol. The Hall–Kier alpha value is -1.48. The number of nitrogens with one attached hydrogen (secondary N) is 1. The van der Waals surface area contributed by atoms with Gasteiger partial charge in [-0.1, -0.05) is 0 Å². The van der Waals surface area contributed by atoms with Gasteiger partial charge >= 0.3 is 0 Å². The molecule has 0 fully saturated rings. The van der Waals surface area contributed by atoms with E-state index in [9.17, 15) is 0 Å². The van der Waals surface area contributed by atoms with E-state index in [1.807, 2.05) is 0 Å². The molecule has 1 heterocycles. The lowest BCUT2D eigenvalue weighted by Crippen LogP contribution is -2.38. The van der Waals surface area contributed by atoms with Gasteiger partial charge in [-0.3, -0.25) is 4.90 Å². The standard InChI is InChI=1S/C18H28N2O/c1-12(2)20(13(3)4)8-7-15-11-19-17-9-14(5)18(21-6)10-16(15)17/h9-13,19H,7-8H2,1-6H3. The van der Waals surface area contributed by atoms with Crippen LogP contribution < -0.4 is 4.74 Å². The Morgan fingerprint density at radius 1 is 1.14 bits per heavy atom. The van der Waals surface area contributed by atoms with Crippen molar-refractivity contribution in [3.05, 3.63) is 29.5 Å². The first-order valence-corrected chi connectivity index (χ1v) is 7.84. The van der Waals surface area contributed by atoms with Crippen molar-refractivity contribution < 1.29 is 4.74 Å². The molecule has 0 radical (unpaired) electrons. The molecule has 0 aliphatic rings. The predicted molar refractivity (Wildman–Crippen MR) is 90.3 cm³/mol. The normalized spacial score (nSPS) is 12.0. The van der Waals surface area contributed by atoms with Crippen LogP contribution in [0.2, 0.25) is 0 Å². The zero-order valence-electron chi connectivity index (χ0n) is 14.2. The van der Waals surface area contributed by atoms with Gasteiger partial charge in [-0.15, -0.1) is 0 Å². The second kappa shape index (κ2) is 6.52. The maximum absolute atomic E-state index is 5.46. The van der Waals surface area contributed by atoms with E-state index in [1.54, 1.807) is 7.11 Å². The fourth-order valence-corrected chi connectivity index (χ4v) is 3.10. The van der Waals surface area contributed by atoms with E-state index in [0.717, 1.165) is 18.7 Å². The molecule has 0 saturated heterocycles. The zero-order valence-corrected chi connectivity index (χ0v) is 14.2. The van der Waals surface area contributed by atoms with Crippen LogP contribution in [0, 0.1) is 6.92 Å². The van der Waals surface area contributed by atoms with E-state index in [4.69, 9.17) is 4.74 Å². The number of hydrogen-bond acceptors (Lipinski definition) is 2. The van der Waals surface area contributed by atoms with Gasteiger partial charge in [0.15, 0.2) is 0 Å². The van der Waals surface area contributed by atoms with Gasteiger partial charge in [0.25, 0.3) is 0 Å². The van der Waals surface area contributed by atoms with E-state index >= 15 is 0 Å². The SMILES string of the molecule is COc1cc2c(CCN(C(C)C)C(C)C)c[nH]c2cc1C. The molecule has 3 nitrogen and oxygen atoms in total. The van der Waals surface area contributed by atoms with Crippen molar-refractivity contribution in [1.82, 2.24) is 9.88 Å². The van der Waals surface area contributed by atoms with Crippen molar-refractivity contribution in [2.24, 2.45) is 0 Å². The molecule has 0 unspecified atom stereocenters. The van der Waals surface area contributed by atoms with Crippen LogP contribution in [0.25, 0.3) is 10.9 Å². The third-order valence-corrected chi connectivity index (χ3v) is 4.25. The number of aryl methyl sites for hydroxylation is 1. The summed E-state index contributed by atoms with van der Waals surface area (Å²) in [5.41, 5.74) is 3.74. The van der Waals surface area contributed by atoms with E-state index in [2.05, 4.69) is 62.8 Å². The summed E-state index contributed by atoms with van der Waals surface area (Å²) in [7, 11) is 1.74. The maximum atomic E-state index is 5.46. The fourth-order valence-electron chi connectivity index (χ4n) is 3.10. The van der Waals surface area contributed by atoms with Crippen LogP contribution in [0.3, 0.4) is 0 Å². The molecular formula is C18H28N2O. The summed E-state index contributed by atoms with van der Waals surface area (Å²) in [6, 6.07) is 5.48. The van der Waals surface area contributed by atoms with Crippen molar-refractivity contribution in [3.63, 3.8) is 0 Å². The lowest BCUT2D eigenvalue weighted by molar-refractivity contribution is 0.177. The molecule has 0 aliphatic heterocycles. The van der Waals surface area contributed by atoms with E-state index in [-0.39, 0.29) is 0 Å². The summed E-state index contributed by atoms with van der Waals surface area (Å²) in [5.74, 6) is 0.966. The van der Waals surface area contributed by atoms with Crippen LogP contribution in [-0.2, 0) is 6.42 Å². The largest absolute Gasteiger partial charge is 0.496 e. The Balaban J connectivity index is 2.23. The quantitative estimate of drug-likeness (QED) is 0.865. The summed E-state index contributed by atoms with van der Waals surface area (Å²) in [5, 5.41) is 1.28. The van der Waals surface area contributed by atoms with Crippen LogP contribution in [0.15, 0.2) is 18.3 Å². The van der Waals surface area contributed by atoms with Gasteiger partial charge in [0.2, 0.25) is 0 Å². The van der Waals surface area contributed by atoms with Gasteiger partial charge in [0, 0.05) is 35.7 Å². The summed E-state index contributed by atoms with van der Waals surface area (Å²) in [6.45, 7) is 12.2. The second-order valence-corrected chi connectivity index (χ2v) is 6.36. The maximum Gasteiger partial charge on any atom is 0.122 e. The summed E-state index contributed by atoms with van der Waals surface area (Å²) >= 11 is 0. The number of ether oxygens (including phenoxy) is 1. The molecule has 2 aromatic rings. The molecular weight excluding hydrogens is 260 g/mol. The van der Waals surface area contributed by atoms with Gasteiger partial charge in [-0.25, -0.2) is 0 Å². The van der Waals surface area contributed by atoms with Gasteiger partial charge in [-0.2, -0.15) is 0 Å². The van der Waals surface area contributed by atoms with Gasteiger partial charge in [0.05, 0.1) is 7.11 Å². The van der Waals surface area contributed by atoms with Crippen molar-refractivity contribution in [2.45, 2.75) is 53.1 Å². The monoisotopic (exact) mass is 288 g/mol. The van der Waals surface area contributed by atoms with Crippen LogP contribution in [0.5, 0.6) is 5.75 Å². The lowest BCUT2D eigenvalue weighted by atomic mass is 10.1. The van der Waals surface area contributed by atoms with Crippen molar-refractivity contribution in [3.8, 4) is 5.75 Å². The van der Waals surface area contributed by atoms with E-state index in [1.165, 1.54) is 22.0 Å². The van der Waals surface area contributed by atoms with Crippen LogP contribution >= 0.6 is 0 Å². The Bertz CT molecular complexity index is 591. The average Bonchev–Trinajstić information content (AvgIpc) is 2.79. The second-order valence-electron chi connectivity index (χ2n) is 6.36. The molecule has 21 heavy (non-hydrogen) atoms. The smallest absolute Gasteiger partial charge is 0.122 e. The molecule has 116 valence electrons. The van der Waals surface area contributed by atoms with Crippen LogP contribution in [-0.4, -0.2) is 35.6 Å². The number of aromatic nitrogens is 1. The number of aromatic amines is 1. The highest BCUT2D eigenvalue weighted by Gasteiger charge is 2.14. The summed E-state index contributed by atoms with van der Waals surface area (Å²) < 4.78 is 5.46. The summed E-state index contributed by atoms with van der Waals surface area (Å²) in [6.07, 6.45) is 3.20. The van der Waals surface area contributed by atoms with Gasteiger partial charge < -0.3 is 9.72 Å². The van der Waals surface area contributed by atoms with Crippen LogP contribution in [0.4, 0.5) is 0 Å². The highest BCUT2D eigenvalue weighted by Crippen LogP contribution is 2.27. The van der Waals surface area contributed by atoms with Crippen molar-refractivity contribution >= 4 is 10.9 Å². The highest BCUT2D eigenvalue weighted by molar-refractivity contribution is 5.85. The molecule has 0 bridgehead atoms. The molecule has 0 aliphatic carbocycles. The molecule has 2 rings (SSSR count). The Kier molecular flexibility index (Phi) is 4.94. The minimum absolute atomic E-state index is 0.576. The van der Waals surface area contributed by atoms with Crippen molar-refractivity contribution in [2.75, 3.05) is 13.7 Å².